The molecule has 20 heavy (non-hydrogen) atoms. The van der Waals surface area contributed by atoms with Gasteiger partial charge in [0.2, 0.25) is 0 Å². The van der Waals surface area contributed by atoms with E-state index in [4.69, 9.17) is 16.3 Å². The van der Waals surface area contributed by atoms with Gasteiger partial charge in [0.05, 0.1) is 7.11 Å². The summed E-state index contributed by atoms with van der Waals surface area (Å²) < 4.78 is 5.30. The van der Waals surface area contributed by atoms with Crippen LogP contribution < -0.4 is 4.74 Å². The summed E-state index contributed by atoms with van der Waals surface area (Å²) in [6.45, 7) is 0. The van der Waals surface area contributed by atoms with Crippen LogP contribution in [0.1, 0.15) is 50.5 Å². The second-order valence-electron chi connectivity index (χ2n) is 5.73. The minimum absolute atomic E-state index is 0.303. The lowest BCUT2D eigenvalue weighted by molar-refractivity contribution is -0.119. The Balaban J connectivity index is 1.95. The van der Waals surface area contributed by atoms with Crippen molar-refractivity contribution in [3.05, 3.63) is 28.8 Å². The maximum atomic E-state index is 12.3. The smallest absolute Gasteiger partial charge is 0.137 e. The summed E-state index contributed by atoms with van der Waals surface area (Å²) in [7, 11) is 1.63. The van der Waals surface area contributed by atoms with Crippen LogP contribution in [-0.2, 0) is 11.2 Å². The van der Waals surface area contributed by atoms with Crippen molar-refractivity contribution in [2.45, 2.75) is 51.4 Å². The van der Waals surface area contributed by atoms with E-state index in [9.17, 15) is 4.79 Å². The van der Waals surface area contributed by atoms with Gasteiger partial charge in [-0.25, -0.2) is 0 Å². The molecular weight excluding hydrogens is 272 g/mol. The molecule has 1 aromatic carbocycles. The van der Waals surface area contributed by atoms with E-state index in [0.29, 0.717) is 29.6 Å². The summed E-state index contributed by atoms with van der Waals surface area (Å²) in [6, 6.07) is 5.46. The molecule has 0 unspecified atom stereocenters. The molecule has 110 valence electrons. The molecule has 0 amide bonds. The van der Waals surface area contributed by atoms with Gasteiger partial charge in [-0.1, -0.05) is 50.1 Å². The van der Waals surface area contributed by atoms with E-state index >= 15 is 0 Å². The maximum absolute atomic E-state index is 12.3. The van der Waals surface area contributed by atoms with E-state index in [1.165, 1.54) is 38.5 Å². The Morgan fingerprint density at radius 3 is 2.60 bits per heavy atom. The zero-order valence-electron chi connectivity index (χ0n) is 12.2. The van der Waals surface area contributed by atoms with E-state index in [1.807, 2.05) is 12.1 Å². The average Bonchev–Trinajstić information content (AvgIpc) is 2.67. The molecule has 0 atom stereocenters. The van der Waals surface area contributed by atoms with Crippen LogP contribution in [0.4, 0.5) is 0 Å². The van der Waals surface area contributed by atoms with Crippen molar-refractivity contribution in [1.82, 2.24) is 0 Å². The first-order valence-electron chi connectivity index (χ1n) is 7.53. The number of carbonyl (C=O) groups excluding carboxylic acids is 1. The summed E-state index contributed by atoms with van der Waals surface area (Å²) in [5.41, 5.74) is 0.902. The fourth-order valence-corrected chi connectivity index (χ4v) is 3.25. The largest absolute Gasteiger partial charge is 0.496 e. The van der Waals surface area contributed by atoms with Crippen molar-refractivity contribution in [2.75, 3.05) is 7.11 Å². The molecule has 0 saturated heterocycles. The van der Waals surface area contributed by atoms with Crippen molar-refractivity contribution in [1.29, 1.82) is 0 Å². The number of benzene rings is 1. The van der Waals surface area contributed by atoms with Crippen molar-refractivity contribution >= 4 is 17.4 Å². The van der Waals surface area contributed by atoms with Gasteiger partial charge in [0, 0.05) is 23.4 Å². The summed E-state index contributed by atoms with van der Waals surface area (Å²) in [5, 5.41) is 0.656. The van der Waals surface area contributed by atoms with Crippen molar-refractivity contribution in [3.8, 4) is 5.75 Å². The van der Waals surface area contributed by atoms with Crippen LogP contribution in [0.15, 0.2) is 18.2 Å². The van der Waals surface area contributed by atoms with Gasteiger partial charge >= 0.3 is 0 Å². The molecule has 0 heterocycles. The predicted molar refractivity (Wildman–Crippen MR) is 82.5 cm³/mol. The maximum Gasteiger partial charge on any atom is 0.137 e. The lowest BCUT2D eigenvalue weighted by atomic mass is 9.92. The lowest BCUT2D eigenvalue weighted by Crippen LogP contribution is -2.11. The quantitative estimate of drug-likeness (QED) is 0.728. The Bertz CT molecular complexity index is 448. The van der Waals surface area contributed by atoms with Crippen molar-refractivity contribution in [3.63, 3.8) is 0 Å². The number of halogens is 1. The predicted octanol–water partition coefficient (Wildman–Crippen LogP) is 4.82. The Labute approximate surface area is 126 Å². The van der Waals surface area contributed by atoms with E-state index in [0.717, 1.165) is 11.3 Å². The highest BCUT2D eigenvalue weighted by Gasteiger charge is 2.17. The minimum atomic E-state index is 0.303. The van der Waals surface area contributed by atoms with Gasteiger partial charge in [0.15, 0.2) is 0 Å². The van der Waals surface area contributed by atoms with Gasteiger partial charge in [-0.15, -0.1) is 0 Å². The third kappa shape index (κ3) is 4.52. The monoisotopic (exact) mass is 294 g/mol. The van der Waals surface area contributed by atoms with E-state index in [2.05, 4.69) is 0 Å². The molecule has 1 saturated carbocycles. The second kappa shape index (κ2) is 7.68. The first kappa shape index (κ1) is 15.4. The molecule has 1 aliphatic rings. The van der Waals surface area contributed by atoms with Crippen LogP contribution in [0.2, 0.25) is 5.02 Å². The minimum Gasteiger partial charge on any atom is -0.496 e. The summed E-state index contributed by atoms with van der Waals surface area (Å²) >= 11 is 6.00. The molecule has 1 fully saturated rings. The summed E-state index contributed by atoms with van der Waals surface area (Å²) in [5.74, 6) is 1.64. The number of Topliss-reactive ketones (excluding diaryl/α,β-unsaturated/α-hetero) is 1. The fraction of sp³-hybridized carbons (Fsp3) is 0.588. The number of ether oxygens (including phenoxy) is 1. The second-order valence-corrected chi connectivity index (χ2v) is 6.17. The van der Waals surface area contributed by atoms with Crippen LogP contribution in [0.25, 0.3) is 0 Å². The molecule has 0 aromatic heterocycles. The highest BCUT2D eigenvalue weighted by molar-refractivity contribution is 6.30. The third-order valence-corrected chi connectivity index (χ3v) is 4.36. The van der Waals surface area contributed by atoms with Gasteiger partial charge in [0.25, 0.3) is 0 Å². The van der Waals surface area contributed by atoms with Crippen LogP contribution in [-0.4, -0.2) is 12.9 Å². The Kier molecular flexibility index (Phi) is 5.90. The Morgan fingerprint density at radius 1 is 1.25 bits per heavy atom. The molecule has 0 radical (unpaired) electrons. The van der Waals surface area contributed by atoms with Gasteiger partial charge < -0.3 is 4.74 Å². The highest BCUT2D eigenvalue weighted by Crippen LogP contribution is 2.28. The zero-order chi connectivity index (χ0) is 14.4. The van der Waals surface area contributed by atoms with Gasteiger partial charge in [-0.05, 0) is 24.1 Å². The number of methoxy groups -OCH3 is 1. The van der Waals surface area contributed by atoms with Gasteiger partial charge in [0.1, 0.15) is 11.5 Å². The highest BCUT2D eigenvalue weighted by atomic mass is 35.5. The molecular formula is C17H23ClO2. The van der Waals surface area contributed by atoms with Crippen LogP contribution in [0.5, 0.6) is 5.75 Å². The first-order valence-corrected chi connectivity index (χ1v) is 7.91. The van der Waals surface area contributed by atoms with E-state index < -0.39 is 0 Å². The fourth-order valence-electron chi connectivity index (χ4n) is 3.06. The molecule has 1 aromatic rings. The Morgan fingerprint density at radius 2 is 1.95 bits per heavy atom. The SMILES string of the molecule is COc1ccc(Cl)cc1CC(=O)CC1CCCCCC1. The van der Waals surface area contributed by atoms with Crippen molar-refractivity contribution in [2.24, 2.45) is 5.92 Å². The summed E-state index contributed by atoms with van der Waals surface area (Å²) in [4.78, 5) is 12.3. The van der Waals surface area contributed by atoms with Gasteiger partial charge in [-0.2, -0.15) is 0 Å². The lowest BCUT2D eigenvalue weighted by Gasteiger charge is -2.14. The van der Waals surface area contributed by atoms with Crippen LogP contribution in [0.3, 0.4) is 0 Å². The molecule has 0 aliphatic heterocycles. The molecule has 2 rings (SSSR count). The van der Waals surface area contributed by atoms with E-state index in [-0.39, 0.29) is 0 Å². The molecule has 1 aliphatic carbocycles. The number of rotatable bonds is 5. The number of ketones is 1. The van der Waals surface area contributed by atoms with Crippen LogP contribution in [0, 0.1) is 5.92 Å². The van der Waals surface area contributed by atoms with Crippen LogP contribution >= 0.6 is 11.6 Å². The molecule has 0 bridgehead atoms. The molecule has 3 heteroatoms. The third-order valence-electron chi connectivity index (χ3n) is 4.12. The normalized spacial score (nSPS) is 16.7. The number of hydrogen-bond donors (Lipinski definition) is 0. The standard InChI is InChI=1S/C17H23ClO2/c1-20-17-9-8-15(18)11-14(17)12-16(19)10-13-6-4-2-3-5-7-13/h8-9,11,13H,2-7,10,12H2,1H3. The molecule has 2 nitrogen and oxygen atoms in total. The molecule has 0 N–H and O–H groups in total. The van der Waals surface area contributed by atoms with E-state index in [1.54, 1.807) is 13.2 Å². The Hall–Kier alpha value is -1.02. The van der Waals surface area contributed by atoms with Crippen molar-refractivity contribution < 1.29 is 9.53 Å². The zero-order valence-corrected chi connectivity index (χ0v) is 12.9. The van der Waals surface area contributed by atoms with Gasteiger partial charge in [-0.3, -0.25) is 4.79 Å². The average molecular weight is 295 g/mol. The first-order chi connectivity index (χ1) is 9.69. The number of hydrogen-bond acceptors (Lipinski definition) is 2. The number of carbonyl (C=O) groups is 1. The topological polar surface area (TPSA) is 26.3 Å². The molecule has 0 spiro atoms. The summed E-state index contributed by atoms with van der Waals surface area (Å²) in [6.07, 6.45) is 8.75.